The van der Waals surface area contributed by atoms with Crippen molar-refractivity contribution in [3.63, 3.8) is 0 Å². The summed E-state index contributed by atoms with van der Waals surface area (Å²) in [7, 11) is 0. The summed E-state index contributed by atoms with van der Waals surface area (Å²) in [6.07, 6.45) is 5.34. The van der Waals surface area contributed by atoms with E-state index in [4.69, 9.17) is 9.84 Å². The molecule has 0 aliphatic carbocycles. The molecule has 0 aliphatic heterocycles. The predicted octanol–water partition coefficient (Wildman–Crippen LogP) is 5.39. The number of benzene rings is 2. The highest BCUT2D eigenvalue weighted by Crippen LogP contribution is 2.29. The molecule has 1 N–H and O–H groups in total. The number of fused-ring (bicyclic) bond motifs is 1. The van der Waals surface area contributed by atoms with Gasteiger partial charge in [0.25, 0.3) is 0 Å². The van der Waals surface area contributed by atoms with Crippen LogP contribution in [-0.4, -0.2) is 32.3 Å². The van der Waals surface area contributed by atoms with Crippen LogP contribution in [0.15, 0.2) is 54.7 Å². The van der Waals surface area contributed by atoms with E-state index in [0.29, 0.717) is 0 Å². The van der Waals surface area contributed by atoms with Gasteiger partial charge in [-0.05, 0) is 42.8 Å². The Bertz CT molecular complexity index is 1080. The minimum atomic E-state index is -0.937. The van der Waals surface area contributed by atoms with Crippen molar-refractivity contribution in [2.75, 3.05) is 6.61 Å². The van der Waals surface area contributed by atoms with E-state index in [2.05, 4.69) is 17.0 Å². The molecule has 6 nitrogen and oxygen atoms in total. The number of aromatic nitrogens is 3. The first kappa shape index (κ1) is 19.1. The molecule has 4 rings (SSSR count). The number of nitrogens with zero attached hydrogens (tertiary/aromatic N) is 3. The van der Waals surface area contributed by atoms with Crippen LogP contribution in [-0.2, 0) is 0 Å². The number of carboxylic acids is 1. The Balaban J connectivity index is 1.48. The van der Waals surface area contributed by atoms with Gasteiger partial charge in [-0.25, -0.2) is 14.3 Å². The maximum atomic E-state index is 11.0. The quantitative estimate of drug-likeness (QED) is 0.396. The summed E-state index contributed by atoms with van der Waals surface area (Å²) in [5.74, 6) is -0.0661. The Labute approximate surface area is 172 Å². The van der Waals surface area contributed by atoms with Crippen molar-refractivity contribution >= 4 is 22.3 Å². The van der Waals surface area contributed by atoms with Gasteiger partial charge in [-0.15, -0.1) is 0 Å². The van der Waals surface area contributed by atoms with Crippen molar-refractivity contribution < 1.29 is 14.6 Å². The van der Waals surface area contributed by atoms with Crippen molar-refractivity contribution in [3.8, 4) is 27.6 Å². The summed E-state index contributed by atoms with van der Waals surface area (Å²) in [5, 5.41) is 14.4. The summed E-state index contributed by atoms with van der Waals surface area (Å²) in [4.78, 5) is 16.4. The van der Waals surface area contributed by atoms with Gasteiger partial charge in [0.1, 0.15) is 10.8 Å². The maximum Gasteiger partial charge on any atom is 0.335 e. The fourth-order valence-corrected chi connectivity index (χ4v) is 3.86. The molecule has 2 heterocycles. The molecule has 7 heteroatoms. The second-order valence-electron chi connectivity index (χ2n) is 6.72. The molecule has 0 amide bonds. The highest BCUT2D eigenvalue weighted by molar-refractivity contribution is 7.19. The molecular weight excluding hydrogens is 386 g/mol. The summed E-state index contributed by atoms with van der Waals surface area (Å²) in [6.45, 7) is 2.92. The molecule has 148 valence electrons. The largest absolute Gasteiger partial charge is 0.494 e. The molecule has 2 aromatic heterocycles. The zero-order valence-electron chi connectivity index (χ0n) is 16.0. The molecule has 0 radical (unpaired) electrons. The first-order valence-electron chi connectivity index (χ1n) is 9.57. The maximum absolute atomic E-state index is 11.0. The number of ether oxygens (including phenoxy) is 1. The van der Waals surface area contributed by atoms with E-state index in [1.165, 1.54) is 24.2 Å². The Kier molecular flexibility index (Phi) is 5.57. The number of hydrogen-bond acceptors (Lipinski definition) is 5. The van der Waals surface area contributed by atoms with Gasteiger partial charge >= 0.3 is 5.97 Å². The molecule has 0 unspecified atom stereocenters. The van der Waals surface area contributed by atoms with E-state index in [9.17, 15) is 4.79 Å². The van der Waals surface area contributed by atoms with Crippen LogP contribution in [0.5, 0.6) is 5.75 Å². The Hall–Kier alpha value is -3.19. The second kappa shape index (κ2) is 8.45. The van der Waals surface area contributed by atoms with Crippen molar-refractivity contribution in [1.29, 1.82) is 0 Å². The Morgan fingerprint density at radius 2 is 1.79 bits per heavy atom. The molecular formula is C22H21N3O3S. The van der Waals surface area contributed by atoms with E-state index in [1.807, 2.05) is 30.5 Å². The summed E-state index contributed by atoms with van der Waals surface area (Å²) < 4.78 is 7.52. The van der Waals surface area contributed by atoms with Gasteiger partial charge in [-0.3, -0.25) is 0 Å². The van der Waals surface area contributed by atoms with Crippen LogP contribution in [0, 0.1) is 0 Å². The molecule has 0 aliphatic rings. The lowest BCUT2D eigenvalue weighted by atomic mass is 10.1. The van der Waals surface area contributed by atoms with Crippen molar-refractivity contribution in [3.05, 3.63) is 60.3 Å². The van der Waals surface area contributed by atoms with Crippen LogP contribution in [0.3, 0.4) is 0 Å². The second-order valence-corrected chi connectivity index (χ2v) is 7.68. The van der Waals surface area contributed by atoms with E-state index < -0.39 is 5.97 Å². The summed E-state index contributed by atoms with van der Waals surface area (Å²) in [5.41, 5.74) is 3.00. The third-order valence-corrected chi connectivity index (χ3v) is 5.56. The number of unbranched alkanes of at least 4 members (excludes halogenated alkanes) is 2. The van der Waals surface area contributed by atoms with Gasteiger partial charge in [0.15, 0.2) is 0 Å². The Morgan fingerprint density at radius 3 is 2.45 bits per heavy atom. The van der Waals surface area contributed by atoms with E-state index in [-0.39, 0.29) is 5.56 Å². The molecule has 0 spiro atoms. The monoisotopic (exact) mass is 407 g/mol. The van der Waals surface area contributed by atoms with E-state index in [0.717, 1.165) is 45.6 Å². The van der Waals surface area contributed by atoms with Crippen LogP contribution in [0.4, 0.5) is 0 Å². The van der Waals surface area contributed by atoms with Crippen molar-refractivity contribution in [2.24, 2.45) is 0 Å². The van der Waals surface area contributed by atoms with Gasteiger partial charge in [0, 0.05) is 11.1 Å². The Morgan fingerprint density at radius 1 is 1.07 bits per heavy atom. The first-order valence-corrected chi connectivity index (χ1v) is 10.4. The van der Waals surface area contributed by atoms with Crippen LogP contribution in [0.25, 0.3) is 26.8 Å². The van der Waals surface area contributed by atoms with Gasteiger partial charge in [-0.2, -0.15) is 5.10 Å². The number of aromatic carboxylic acids is 1. The highest BCUT2D eigenvalue weighted by Gasteiger charge is 2.12. The SMILES string of the molecule is CCCCCOc1ccc(-c2cn3nc(-c4ccc(C(=O)O)cc4)sc3n2)cc1. The van der Waals surface area contributed by atoms with E-state index in [1.54, 1.807) is 28.8 Å². The minimum Gasteiger partial charge on any atom is -0.494 e. The minimum absolute atomic E-state index is 0.259. The fourth-order valence-electron chi connectivity index (χ4n) is 2.98. The summed E-state index contributed by atoms with van der Waals surface area (Å²) >= 11 is 1.47. The molecule has 29 heavy (non-hydrogen) atoms. The topological polar surface area (TPSA) is 76.7 Å². The fraction of sp³-hybridized carbons (Fsp3) is 0.227. The smallest absolute Gasteiger partial charge is 0.335 e. The molecule has 2 aromatic carbocycles. The lowest BCUT2D eigenvalue weighted by Crippen LogP contribution is -1.96. The third kappa shape index (κ3) is 4.30. The standard InChI is InChI=1S/C22H21N3O3S/c1-2-3-4-13-28-18-11-9-15(10-12-18)19-14-25-22(23-19)29-20(24-25)16-5-7-17(8-6-16)21(26)27/h5-12,14H,2-4,13H2,1H3,(H,26,27). The summed E-state index contributed by atoms with van der Waals surface area (Å²) in [6, 6.07) is 14.7. The van der Waals surface area contributed by atoms with Gasteiger partial charge in [-0.1, -0.05) is 43.2 Å². The van der Waals surface area contributed by atoms with Crippen LogP contribution < -0.4 is 4.74 Å². The van der Waals surface area contributed by atoms with Crippen LogP contribution in [0.1, 0.15) is 36.5 Å². The number of rotatable bonds is 8. The zero-order chi connectivity index (χ0) is 20.2. The average molecular weight is 407 g/mol. The first-order chi connectivity index (χ1) is 14.1. The molecule has 0 atom stereocenters. The van der Waals surface area contributed by atoms with Gasteiger partial charge in [0.05, 0.1) is 24.1 Å². The normalized spacial score (nSPS) is 11.1. The third-order valence-electron chi connectivity index (χ3n) is 4.59. The van der Waals surface area contributed by atoms with E-state index >= 15 is 0 Å². The number of carbonyl (C=O) groups is 1. The van der Waals surface area contributed by atoms with Crippen LogP contribution in [0.2, 0.25) is 0 Å². The van der Waals surface area contributed by atoms with Gasteiger partial charge < -0.3 is 9.84 Å². The van der Waals surface area contributed by atoms with Crippen molar-refractivity contribution in [2.45, 2.75) is 26.2 Å². The average Bonchev–Trinajstić information content (AvgIpc) is 3.31. The lowest BCUT2D eigenvalue weighted by Gasteiger charge is -2.06. The molecule has 0 saturated carbocycles. The van der Waals surface area contributed by atoms with Crippen molar-refractivity contribution in [1.82, 2.24) is 14.6 Å². The molecule has 0 bridgehead atoms. The molecule has 0 fully saturated rings. The number of carboxylic acid groups (broad SMARTS) is 1. The number of imidazole rings is 1. The molecule has 4 aromatic rings. The highest BCUT2D eigenvalue weighted by atomic mass is 32.1. The predicted molar refractivity (Wildman–Crippen MR) is 114 cm³/mol. The zero-order valence-corrected chi connectivity index (χ0v) is 16.9. The van der Waals surface area contributed by atoms with Crippen LogP contribution >= 0.6 is 11.3 Å². The molecule has 0 saturated heterocycles. The lowest BCUT2D eigenvalue weighted by molar-refractivity contribution is 0.0697. The van der Waals surface area contributed by atoms with Gasteiger partial charge in [0.2, 0.25) is 4.96 Å². The number of hydrogen-bond donors (Lipinski definition) is 1.